The van der Waals surface area contributed by atoms with Crippen molar-refractivity contribution in [1.29, 1.82) is 0 Å². The van der Waals surface area contributed by atoms with Gasteiger partial charge in [0, 0.05) is 24.2 Å². The van der Waals surface area contributed by atoms with Crippen LogP contribution >= 0.6 is 0 Å². The fourth-order valence-electron chi connectivity index (χ4n) is 4.91. The Morgan fingerprint density at radius 3 is 1.61 bits per heavy atom. The highest BCUT2D eigenvalue weighted by atomic mass is 16.7. The second kappa shape index (κ2) is 12.4. The lowest BCUT2D eigenvalue weighted by Gasteiger charge is -2.35. The highest BCUT2D eigenvalue weighted by Gasteiger charge is 2.43. The SMILES string of the molecule is O=C(c1ccccc1)C(OCCN1CCCCC1)(OCCN1CCCCC1)c1ccccc1. The van der Waals surface area contributed by atoms with Gasteiger partial charge in [-0.3, -0.25) is 4.79 Å². The Morgan fingerprint density at radius 2 is 1.12 bits per heavy atom. The third-order valence-corrected chi connectivity index (χ3v) is 6.81. The van der Waals surface area contributed by atoms with Crippen molar-refractivity contribution in [3.63, 3.8) is 0 Å². The zero-order valence-corrected chi connectivity index (χ0v) is 19.8. The molecule has 2 aliphatic rings. The number of piperidine rings is 2. The summed E-state index contributed by atoms with van der Waals surface area (Å²) >= 11 is 0. The second-order valence-electron chi connectivity index (χ2n) is 9.18. The first-order chi connectivity index (χ1) is 16.3. The number of hydrogen-bond donors (Lipinski definition) is 0. The highest BCUT2D eigenvalue weighted by Crippen LogP contribution is 2.32. The van der Waals surface area contributed by atoms with Gasteiger partial charge >= 0.3 is 0 Å². The summed E-state index contributed by atoms with van der Waals surface area (Å²) in [7, 11) is 0. The van der Waals surface area contributed by atoms with Crippen molar-refractivity contribution in [2.24, 2.45) is 0 Å². The van der Waals surface area contributed by atoms with Crippen molar-refractivity contribution in [2.45, 2.75) is 44.3 Å². The molecule has 0 N–H and O–H groups in total. The van der Waals surface area contributed by atoms with E-state index >= 15 is 0 Å². The Balaban J connectivity index is 1.55. The lowest BCUT2D eigenvalue weighted by molar-refractivity contribution is -0.213. The number of benzene rings is 2. The topological polar surface area (TPSA) is 42.0 Å². The van der Waals surface area contributed by atoms with Crippen LogP contribution in [0.2, 0.25) is 0 Å². The summed E-state index contributed by atoms with van der Waals surface area (Å²) < 4.78 is 13.0. The molecule has 0 bridgehead atoms. The van der Waals surface area contributed by atoms with Crippen molar-refractivity contribution >= 4 is 5.78 Å². The Bertz CT molecular complexity index is 807. The molecule has 0 saturated carbocycles. The molecule has 0 spiro atoms. The fraction of sp³-hybridized carbons (Fsp3) is 0.536. The van der Waals surface area contributed by atoms with Crippen LogP contribution in [0, 0.1) is 0 Å². The van der Waals surface area contributed by atoms with Gasteiger partial charge in [0.05, 0.1) is 13.2 Å². The molecule has 0 radical (unpaired) electrons. The number of ketones is 1. The average Bonchev–Trinajstić information content (AvgIpc) is 2.90. The minimum Gasteiger partial charge on any atom is -0.338 e. The van der Waals surface area contributed by atoms with E-state index < -0.39 is 5.79 Å². The van der Waals surface area contributed by atoms with Gasteiger partial charge in [0.2, 0.25) is 5.78 Å². The number of carbonyl (C=O) groups excluding carboxylic acids is 1. The Morgan fingerprint density at radius 1 is 0.667 bits per heavy atom. The van der Waals surface area contributed by atoms with Gasteiger partial charge in [0.25, 0.3) is 5.79 Å². The van der Waals surface area contributed by atoms with Crippen LogP contribution in [0.3, 0.4) is 0 Å². The Kier molecular flexibility index (Phi) is 9.07. The number of ether oxygens (including phenoxy) is 2. The standard InChI is InChI=1S/C28H38N2O3/c31-27(25-13-5-1-6-14-25)28(26-15-7-2-8-16-26,32-23-21-29-17-9-3-10-18-29)33-24-22-30-19-11-4-12-20-30/h1-2,5-8,13-16H,3-4,9-12,17-24H2. The van der Waals surface area contributed by atoms with E-state index in [2.05, 4.69) is 9.80 Å². The summed E-state index contributed by atoms with van der Waals surface area (Å²) in [4.78, 5) is 18.8. The molecule has 5 nitrogen and oxygen atoms in total. The van der Waals surface area contributed by atoms with Crippen LogP contribution in [-0.4, -0.2) is 68.1 Å². The summed E-state index contributed by atoms with van der Waals surface area (Å²) in [5, 5.41) is 0. The van der Waals surface area contributed by atoms with E-state index in [9.17, 15) is 4.79 Å². The number of likely N-dealkylation sites (tertiary alicyclic amines) is 2. The van der Waals surface area contributed by atoms with E-state index in [-0.39, 0.29) is 5.78 Å². The molecule has 4 rings (SSSR count). The van der Waals surface area contributed by atoms with Crippen molar-refractivity contribution < 1.29 is 14.3 Å². The third kappa shape index (κ3) is 6.51. The van der Waals surface area contributed by atoms with Crippen LogP contribution in [0.5, 0.6) is 0 Å². The molecule has 0 aromatic heterocycles. The largest absolute Gasteiger partial charge is 0.338 e. The smallest absolute Gasteiger partial charge is 0.261 e. The Labute approximate surface area is 198 Å². The molecular formula is C28H38N2O3. The zero-order valence-electron chi connectivity index (χ0n) is 19.8. The second-order valence-corrected chi connectivity index (χ2v) is 9.18. The highest BCUT2D eigenvalue weighted by molar-refractivity contribution is 6.02. The molecule has 0 unspecified atom stereocenters. The maximum Gasteiger partial charge on any atom is 0.261 e. The van der Waals surface area contributed by atoms with Gasteiger partial charge in [-0.1, -0.05) is 73.5 Å². The molecule has 2 fully saturated rings. The number of carbonyl (C=O) groups is 1. The monoisotopic (exact) mass is 450 g/mol. The maximum absolute atomic E-state index is 14.0. The van der Waals surface area contributed by atoms with Crippen molar-refractivity contribution in [1.82, 2.24) is 9.80 Å². The van der Waals surface area contributed by atoms with Gasteiger partial charge in [-0.2, -0.15) is 0 Å². The van der Waals surface area contributed by atoms with Crippen LogP contribution in [0.1, 0.15) is 54.4 Å². The van der Waals surface area contributed by atoms with Gasteiger partial charge in [0.15, 0.2) is 0 Å². The number of rotatable bonds is 11. The van der Waals surface area contributed by atoms with Crippen LogP contribution in [0.25, 0.3) is 0 Å². The molecular weight excluding hydrogens is 412 g/mol. The molecule has 0 amide bonds. The molecule has 33 heavy (non-hydrogen) atoms. The molecule has 2 aliphatic heterocycles. The maximum atomic E-state index is 14.0. The minimum atomic E-state index is -1.44. The van der Waals surface area contributed by atoms with E-state index in [1.807, 2.05) is 60.7 Å². The van der Waals surface area contributed by atoms with Crippen LogP contribution in [-0.2, 0) is 15.3 Å². The first-order valence-corrected chi connectivity index (χ1v) is 12.7. The number of nitrogens with zero attached hydrogens (tertiary/aromatic N) is 2. The Hall–Kier alpha value is -2.05. The first kappa shape index (κ1) is 24.1. The number of hydrogen-bond acceptors (Lipinski definition) is 5. The van der Waals surface area contributed by atoms with Gasteiger partial charge in [0.1, 0.15) is 0 Å². The van der Waals surface area contributed by atoms with Crippen molar-refractivity contribution in [3.05, 3.63) is 71.8 Å². The van der Waals surface area contributed by atoms with Crippen LogP contribution in [0.15, 0.2) is 60.7 Å². The van der Waals surface area contributed by atoms with Gasteiger partial charge < -0.3 is 19.3 Å². The third-order valence-electron chi connectivity index (χ3n) is 6.81. The predicted molar refractivity (Wildman–Crippen MR) is 131 cm³/mol. The molecule has 0 aliphatic carbocycles. The zero-order chi connectivity index (χ0) is 22.8. The molecule has 178 valence electrons. The molecule has 2 saturated heterocycles. The summed E-state index contributed by atoms with van der Waals surface area (Å²) in [5.41, 5.74) is 1.37. The van der Waals surface area contributed by atoms with Crippen LogP contribution < -0.4 is 0 Å². The van der Waals surface area contributed by atoms with Crippen LogP contribution in [0.4, 0.5) is 0 Å². The lowest BCUT2D eigenvalue weighted by Crippen LogP contribution is -2.45. The van der Waals surface area contributed by atoms with Gasteiger partial charge in [-0.25, -0.2) is 0 Å². The van der Waals surface area contributed by atoms with Gasteiger partial charge in [-0.05, 0) is 51.9 Å². The van der Waals surface area contributed by atoms with E-state index in [0.717, 1.165) is 44.8 Å². The van der Waals surface area contributed by atoms with E-state index in [1.54, 1.807) is 0 Å². The normalized spacial score (nSPS) is 18.3. The molecule has 0 atom stereocenters. The van der Waals surface area contributed by atoms with E-state index in [4.69, 9.17) is 9.47 Å². The summed E-state index contributed by atoms with van der Waals surface area (Å²) in [6.07, 6.45) is 7.55. The average molecular weight is 451 g/mol. The van der Waals surface area contributed by atoms with E-state index in [1.165, 1.54) is 38.5 Å². The van der Waals surface area contributed by atoms with Crippen molar-refractivity contribution in [2.75, 3.05) is 52.5 Å². The quantitative estimate of drug-likeness (QED) is 0.366. The summed E-state index contributed by atoms with van der Waals surface area (Å²) in [6.45, 7) is 6.94. The molecule has 2 heterocycles. The predicted octanol–water partition coefficient (Wildman–Crippen LogP) is 4.73. The lowest BCUT2D eigenvalue weighted by atomic mass is 9.95. The van der Waals surface area contributed by atoms with Crippen molar-refractivity contribution in [3.8, 4) is 0 Å². The van der Waals surface area contributed by atoms with Gasteiger partial charge in [-0.15, -0.1) is 0 Å². The summed E-state index contributed by atoms with van der Waals surface area (Å²) in [6, 6.07) is 19.2. The first-order valence-electron chi connectivity index (χ1n) is 12.7. The molecule has 2 aromatic rings. The van der Waals surface area contributed by atoms with E-state index in [0.29, 0.717) is 18.8 Å². The molecule has 5 heteroatoms. The fourth-order valence-corrected chi connectivity index (χ4v) is 4.91. The summed E-state index contributed by atoms with van der Waals surface area (Å²) in [5.74, 6) is -1.57. The number of Topliss-reactive ketones (excluding diaryl/α,β-unsaturated/α-hetero) is 1. The minimum absolute atomic E-state index is 0.133. The molecule has 2 aromatic carbocycles.